The normalized spacial score (nSPS) is 40.2. The molecule has 0 bridgehead atoms. The van der Waals surface area contributed by atoms with Crippen LogP contribution >= 0.6 is 0 Å². The van der Waals surface area contributed by atoms with Crippen LogP contribution in [0.15, 0.2) is 27.4 Å². The van der Waals surface area contributed by atoms with Crippen molar-refractivity contribution < 1.29 is 19.1 Å². The first-order valence-electron chi connectivity index (χ1n) is 9.23. The number of allylic oxidation sites excluding steroid dienone is 1. The number of ether oxygens (including phenoxy) is 1. The van der Waals surface area contributed by atoms with Crippen LogP contribution in [-0.2, 0) is 11.2 Å². The number of carbonyl (C=O) groups excluding carboxylic acids is 1. The molecular formula is C21H26O5. The minimum absolute atomic E-state index is 0.0983. The Labute approximate surface area is 153 Å². The van der Waals surface area contributed by atoms with E-state index in [9.17, 15) is 14.7 Å². The second kappa shape index (κ2) is 4.89. The van der Waals surface area contributed by atoms with E-state index in [0.717, 1.165) is 0 Å². The van der Waals surface area contributed by atoms with Crippen molar-refractivity contribution >= 4 is 5.78 Å². The lowest BCUT2D eigenvalue weighted by molar-refractivity contribution is -0.230. The highest BCUT2D eigenvalue weighted by atomic mass is 16.5. The highest BCUT2D eigenvalue weighted by Crippen LogP contribution is 2.63. The number of fused-ring (bicyclic) bond motifs is 4. The summed E-state index contributed by atoms with van der Waals surface area (Å²) in [6, 6.07) is 1.74. The van der Waals surface area contributed by atoms with Crippen LogP contribution < -0.4 is 10.4 Å². The zero-order valence-corrected chi connectivity index (χ0v) is 16.0. The number of aryl methyl sites for hydroxylation is 1. The highest BCUT2D eigenvalue weighted by Gasteiger charge is 2.70. The fourth-order valence-corrected chi connectivity index (χ4v) is 5.61. The Morgan fingerprint density at radius 2 is 1.85 bits per heavy atom. The van der Waals surface area contributed by atoms with Gasteiger partial charge in [0.2, 0.25) is 0 Å². The van der Waals surface area contributed by atoms with Gasteiger partial charge in [0, 0.05) is 17.4 Å². The van der Waals surface area contributed by atoms with E-state index in [0.29, 0.717) is 36.3 Å². The lowest BCUT2D eigenvalue weighted by atomic mass is 9.43. The molecule has 1 aliphatic heterocycles. The van der Waals surface area contributed by atoms with Crippen LogP contribution in [0.4, 0.5) is 0 Å². The molecule has 0 radical (unpaired) electrons. The maximum atomic E-state index is 13.1. The molecule has 26 heavy (non-hydrogen) atoms. The van der Waals surface area contributed by atoms with Gasteiger partial charge in [0.15, 0.2) is 5.78 Å². The van der Waals surface area contributed by atoms with Crippen LogP contribution in [0.5, 0.6) is 5.75 Å². The molecule has 4 rings (SSSR count). The maximum Gasteiger partial charge on any atom is 0.342 e. The van der Waals surface area contributed by atoms with Gasteiger partial charge in [-0.25, -0.2) is 4.79 Å². The predicted molar refractivity (Wildman–Crippen MR) is 96.2 cm³/mol. The maximum absolute atomic E-state index is 13.1. The lowest BCUT2D eigenvalue weighted by Crippen LogP contribution is -2.72. The second-order valence-corrected chi connectivity index (χ2v) is 9.14. The molecule has 140 valence electrons. The summed E-state index contributed by atoms with van der Waals surface area (Å²) in [6.07, 6.45) is 4.85. The van der Waals surface area contributed by atoms with Crippen LogP contribution in [0.25, 0.3) is 0 Å². The Morgan fingerprint density at radius 1 is 1.15 bits per heavy atom. The summed E-state index contributed by atoms with van der Waals surface area (Å²) >= 11 is 0. The average Bonchev–Trinajstić information content (AvgIpc) is 2.54. The first kappa shape index (κ1) is 17.5. The Hall–Kier alpha value is -1.88. The first-order valence-corrected chi connectivity index (χ1v) is 9.23. The quantitative estimate of drug-likeness (QED) is 0.772. The zero-order chi connectivity index (χ0) is 19.1. The van der Waals surface area contributed by atoms with Crippen molar-refractivity contribution in [3.63, 3.8) is 0 Å². The van der Waals surface area contributed by atoms with Crippen molar-refractivity contribution in [3.05, 3.63) is 40.0 Å². The molecule has 1 N–H and O–H groups in total. The van der Waals surface area contributed by atoms with Crippen molar-refractivity contribution in [2.24, 2.45) is 16.7 Å². The minimum Gasteiger partial charge on any atom is -0.487 e. The monoisotopic (exact) mass is 358 g/mol. The van der Waals surface area contributed by atoms with Crippen molar-refractivity contribution in [1.29, 1.82) is 0 Å². The van der Waals surface area contributed by atoms with Gasteiger partial charge in [-0.05, 0) is 46.1 Å². The van der Waals surface area contributed by atoms with Crippen LogP contribution in [0, 0.1) is 23.7 Å². The molecule has 0 aromatic carbocycles. The van der Waals surface area contributed by atoms with Gasteiger partial charge in [-0.2, -0.15) is 0 Å². The Kier molecular flexibility index (Phi) is 3.29. The number of hydrogen-bond acceptors (Lipinski definition) is 5. The smallest absolute Gasteiger partial charge is 0.342 e. The van der Waals surface area contributed by atoms with Crippen molar-refractivity contribution in [2.75, 3.05) is 0 Å². The molecule has 0 amide bonds. The van der Waals surface area contributed by atoms with Crippen molar-refractivity contribution in [2.45, 2.75) is 65.1 Å². The summed E-state index contributed by atoms with van der Waals surface area (Å²) in [6.45, 7) is 9.48. The summed E-state index contributed by atoms with van der Waals surface area (Å²) < 4.78 is 11.6. The molecule has 5 nitrogen and oxygen atoms in total. The molecule has 1 aromatic heterocycles. The van der Waals surface area contributed by atoms with Gasteiger partial charge in [0.05, 0.1) is 16.6 Å². The van der Waals surface area contributed by atoms with E-state index < -0.39 is 27.7 Å². The van der Waals surface area contributed by atoms with Gasteiger partial charge < -0.3 is 14.3 Å². The molecule has 2 heterocycles. The van der Waals surface area contributed by atoms with E-state index in [1.807, 2.05) is 33.8 Å². The molecule has 0 saturated heterocycles. The van der Waals surface area contributed by atoms with Crippen molar-refractivity contribution in [3.8, 4) is 5.75 Å². The summed E-state index contributed by atoms with van der Waals surface area (Å²) in [5.41, 5.74) is -3.35. The minimum atomic E-state index is -1.19. The largest absolute Gasteiger partial charge is 0.487 e. The standard InChI is InChI=1S/C21H26O5/c1-12-10-14-13(17(23)25-12)11-15-19(4,26-14)8-9-21(24)18(2,3)7-6-16(22)20(15,21)5/h6-7,10,15,24H,8-9,11H2,1-5H3/t15-,19-,20-,21-/m0/s1. The van der Waals surface area contributed by atoms with Crippen LogP contribution in [-0.4, -0.2) is 22.1 Å². The van der Waals surface area contributed by atoms with Crippen LogP contribution in [0.3, 0.4) is 0 Å². The highest BCUT2D eigenvalue weighted by molar-refractivity contribution is 5.97. The fraction of sp³-hybridized carbons (Fsp3) is 0.619. The van der Waals surface area contributed by atoms with E-state index in [-0.39, 0.29) is 11.7 Å². The van der Waals surface area contributed by atoms with E-state index in [1.165, 1.54) is 0 Å². The third-order valence-corrected chi connectivity index (χ3v) is 7.39. The molecular weight excluding hydrogens is 332 g/mol. The van der Waals surface area contributed by atoms with Crippen molar-refractivity contribution in [1.82, 2.24) is 0 Å². The third kappa shape index (κ3) is 1.90. The Balaban J connectivity index is 1.93. The Morgan fingerprint density at radius 3 is 2.54 bits per heavy atom. The molecule has 0 spiro atoms. The van der Waals surface area contributed by atoms with E-state index in [1.54, 1.807) is 19.1 Å². The summed E-state index contributed by atoms with van der Waals surface area (Å²) in [5, 5.41) is 11.7. The molecule has 1 saturated carbocycles. The van der Waals surface area contributed by atoms with Crippen LogP contribution in [0.2, 0.25) is 0 Å². The summed E-state index contributed by atoms with van der Waals surface area (Å²) in [5.74, 6) is 0.638. The molecule has 2 aliphatic carbocycles. The van der Waals surface area contributed by atoms with E-state index in [2.05, 4.69) is 0 Å². The molecule has 1 fully saturated rings. The number of carbonyl (C=O) groups is 1. The number of aliphatic hydroxyl groups is 1. The van der Waals surface area contributed by atoms with Gasteiger partial charge >= 0.3 is 5.63 Å². The van der Waals surface area contributed by atoms with Gasteiger partial charge in [0.1, 0.15) is 17.1 Å². The lowest BCUT2D eigenvalue weighted by Gasteiger charge is -2.64. The van der Waals surface area contributed by atoms with E-state index in [4.69, 9.17) is 9.15 Å². The van der Waals surface area contributed by atoms with Gasteiger partial charge in [0.25, 0.3) is 0 Å². The first-order chi connectivity index (χ1) is 11.9. The molecule has 5 heteroatoms. The second-order valence-electron chi connectivity index (χ2n) is 9.14. The number of hydrogen-bond donors (Lipinski definition) is 1. The van der Waals surface area contributed by atoms with E-state index >= 15 is 0 Å². The number of ketones is 1. The van der Waals surface area contributed by atoms with Crippen LogP contribution in [0.1, 0.15) is 51.9 Å². The van der Waals surface area contributed by atoms with Gasteiger partial charge in [-0.1, -0.05) is 19.9 Å². The SMILES string of the molecule is Cc1cc2c(c(=O)o1)C[C@H]1[C@](C)(CC[C@]3(O)C(C)(C)C=CC(=O)[C@]13C)O2. The average molecular weight is 358 g/mol. The fourth-order valence-electron chi connectivity index (χ4n) is 5.61. The third-order valence-electron chi connectivity index (χ3n) is 7.39. The molecule has 3 aliphatic rings. The summed E-state index contributed by atoms with van der Waals surface area (Å²) in [4.78, 5) is 25.5. The van der Waals surface area contributed by atoms with Gasteiger partial charge in [-0.3, -0.25) is 4.79 Å². The predicted octanol–water partition coefficient (Wildman–Crippen LogP) is 2.95. The van der Waals surface area contributed by atoms with Gasteiger partial charge in [-0.15, -0.1) is 0 Å². The number of rotatable bonds is 0. The zero-order valence-electron chi connectivity index (χ0n) is 16.0. The Bertz CT molecular complexity index is 894. The molecule has 0 unspecified atom stereocenters. The topological polar surface area (TPSA) is 76.7 Å². The summed E-state index contributed by atoms with van der Waals surface area (Å²) in [7, 11) is 0. The molecule has 4 atom stereocenters. The molecule has 1 aromatic rings.